The molecule has 0 aromatic rings. The van der Waals surface area contributed by atoms with Gasteiger partial charge >= 0.3 is 39.5 Å². The third-order valence-electron chi connectivity index (χ3n) is 17.8. The molecule has 0 fully saturated rings. The van der Waals surface area contributed by atoms with E-state index >= 15 is 0 Å². The number of phosphoric acid groups is 2. The number of hydrogen-bond donors (Lipinski definition) is 3. The lowest BCUT2D eigenvalue weighted by Gasteiger charge is -2.21. The topological polar surface area (TPSA) is 237 Å². The smallest absolute Gasteiger partial charge is 0.462 e. The Morgan fingerprint density at radius 2 is 0.520 bits per heavy atom. The minimum atomic E-state index is -4.97. The number of phosphoric ester groups is 2. The summed E-state index contributed by atoms with van der Waals surface area (Å²) in [6.45, 7) is 4.83. The van der Waals surface area contributed by atoms with Gasteiger partial charge in [-0.25, -0.2) is 9.13 Å². The quantitative estimate of drug-likeness (QED) is 0.0169. The lowest BCUT2D eigenvalue weighted by atomic mass is 10.0. The van der Waals surface area contributed by atoms with Crippen LogP contribution in [0.4, 0.5) is 0 Å². The molecule has 586 valence electrons. The fourth-order valence-electron chi connectivity index (χ4n) is 11.6. The number of esters is 4. The summed E-state index contributed by atoms with van der Waals surface area (Å²) in [5, 5.41) is 10.6. The molecule has 100 heavy (non-hydrogen) atoms. The molecule has 0 radical (unpaired) electrons. The van der Waals surface area contributed by atoms with Crippen molar-refractivity contribution < 1.29 is 80.2 Å². The second-order valence-corrected chi connectivity index (χ2v) is 30.6. The Morgan fingerprint density at radius 1 is 0.290 bits per heavy atom. The van der Waals surface area contributed by atoms with Gasteiger partial charge in [0.05, 0.1) is 26.4 Å². The van der Waals surface area contributed by atoms with Crippen LogP contribution in [-0.2, 0) is 65.4 Å². The lowest BCUT2D eigenvalue weighted by Crippen LogP contribution is -2.30. The number of carbonyl (C=O) groups excluding carboxylic acids is 4. The Bertz CT molecular complexity index is 2080. The highest BCUT2D eigenvalue weighted by molar-refractivity contribution is 7.47. The molecule has 0 aromatic heterocycles. The summed E-state index contributed by atoms with van der Waals surface area (Å²) in [6.07, 6.45) is 72.2. The molecule has 0 saturated heterocycles. The first kappa shape index (κ1) is 97.0. The summed E-state index contributed by atoms with van der Waals surface area (Å²) < 4.78 is 68.7. The van der Waals surface area contributed by atoms with Crippen LogP contribution in [0.5, 0.6) is 0 Å². The molecule has 19 heteroatoms. The SMILES string of the molecule is CC/C=C\C/C=C\C/C=C\CCCCCCCCCC(=O)OCC(COP(=O)(O)OCC(O)COP(=O)(O)OCC(COC(=O)CCCCCCCCCCCCCCCCC)OC(=O)CCCCCCC/C=C\CCCCCC)OC(=O)CCCCCCCCCCCCCCCCC. The van der Waals surface area contributed by atoms with Crippen molar-refractivity contribution in [3.63, 3.8) is 0 Å². The van der Waals surface area contributed by atoms with Gasteiger partial charge in [-0.1, -0.05) is 327 Å². The highest BCUT2D eigenvalue weighted by Gasteiger charge is 2.30. The van der Waals surface area contributed by atoms with E-state index in [1.54, 1.807) is 0 Å². The molecule has 3 N–H and O–H groups in total. The average Bonchev–Trinajstić information content (AvgIpc) is 1.06. The maximum Gasteiger partial charge on any atom is 0.472 e. The van der Waals surface area contributed by atoms with Gasteiger partial charge < -0.3 is 33.8 Å². The summed E-state index contributed by atoms with van der Waals surface area (Å²) in [5.41, 5.74) is 0. The molecule has 17 nitrogen and oxygen atoms in total. The van der Waals surface area contributed by atoms with Crippen molar-refractivity contribution in [3.8, 4) is 0 Å². The van der Waals surface area contributed by atoms with Crippen LogP contribution in [0.1, 0.15) is 387 Å². The highest BCUT2D eigenvalue weighted by Crippen LogP contribution is 2.45. The molecule has 0 spiro atoms. The monoisotopic (exact) mass is 1460 g/mol. The molecule has 0 heterocycles. The van der Waals surface area contributed by atoms with Crippen molar-refractivity contribution in [1.29, 1.82) is 0 Å². The third kappa shape index (κ3) is 73.3. The summed E-state index contributed by atoms with van der Waals surface area (Å²) in [6, 6.07) is 0. The number of aliphatic hydroxyl groups is 1. The van der Waals surface area contributed by atoms with Crippen molar-refractivity contribution in [3.05, 3.63) is 48.6 Å². The standard InChI is InChI=1S/C81H150O17P2/c1-5-9-13-17-21-25-29-33-36-37-40-43-46-50-54-58-62-66-79(84)92-72-77(98-81(86)68-64-60-56-52-48-44-39-35-31-27-23-19-15-11-7-3)74-96-100(89,90)94-70-75(82)69-93-99(87,88)95-73-76(97-80(85)67-63-59-55-51-47-41-32-28-24-20-16-12-8-4)71-91-78(83)65-61-57-53-49-45-42-38-34-30-26-22-18-14-10-6-2/h9,13,21,25,28,32-33,36,75-77,82H,5-8,10-12,14-20,22-24,26-27,29-31,34-35,37-74H2,1-4H3,(H,87,88)(H,89,90)/b13-9-,25-21-,32-28-,36-33-. The third-order valence-corrected chi connectivity index (χ3v) is 19.7. The Morgan fingerprint density at radius 3 is 0.820 bits per heavy atom. The zero-order valence-electron chi connectivity index (χ0n) is 64.1. The van der Waals surface area contributed by atoms with Gasteiger partial charge in [-0.3, -0.25) is 37.3 Å². The maximum absolute atomic E-state index is 13.1. The van der Waals surface area contributed by atoms with E-state index in [2.05, 4.69) is 76.3 Å². The van der Waals surface area contributed by atoms with E-state index in [4.69, 9.17) is 37.0 Å². The summed E-state index contributed by atoms with van der Waals surface area (Å²) >= 11 is 0. The Hall–Kier alpha value is -2.98. The van der Waals surface area contributed by atoms with Gasteiger partial charge in [0, 0.05) is 25.7 Å². The number of carbonyl (C=O) groups is 4. The minimum Gasteiger partial charge on any atom is -0.462 e. The van der Waals surface area contributed by atoms with E-state index in [1.807, 2.05) is 0 Å². The highest BCUT2D eigenvalue weighted by atomic mass is 31.2. The van der Waals surface area contributed by atoms with E-state index in [0.717, 1.165) is 148 Å². The van der Waals surface area contributed by atoms with Crippen LogP contribution in [0, 0.1) is 0 Å². The van der Waals surface area contributed by atoms with Crippen LogP contribution >= 0.6 is 15.6 Å². The number of allylic oxidation sites excluding steroid dienone is 8. The van der Waals surface area contributed by atoms with E-state index in [-0.39, 0.29) is 25.7 Å². The number of ether oxygens (including phenoxy) is 4. The van der Waals surface area contributed by atoms with E-state index < -0.39 is 97.5 Å². The van der Waals surface area contributed by atoms with Crippen LogP contribution in [0.25, 0.3) is 0 Å². The van der Waals surface area contributed by atoms with Gasteiger partial charge in [0.2, 0.25) is 0 Å². The number of unbranched alkanes of at least 4 members (excludes halogenated alkanes) is 44. The molecule has 0 amide bonds. The molecule has 0 bridgehead atoms. The van der Waals surface area contributed by atoms with Crippen LogP contribution < -0.4 is 0 Å². The van der Waals surface area contributed by atoms with Crippen LogP contribution in [0.2, 0.25) is 0 Å². The predicted octanol–water partition coefficient (Wildman–Crippen LogP) is 23.7. The molecule has 5 unspecified atom stereocenters. The van der Waals surface area contributed by atoms with Crippen LogP contribution in [0.3, 0.4) is 0 Å². The second-order valence-electron chi connectivity index (χ2n) is 27.7. The normalized spacial score (nSPS) is 14.1. The molecular formula is C81H150O17P2. The molecule has 0 aliphatic heterocycles. The minimum absolute atomic E-state index is 0.0920. The van der Waals surface area contributed by atoms with Crippen molar-refractivity contribution in [2.45, 2.75) is 406 Å². The van der Waals surface area contributed by atoms with E-state index in [1.165, 1.54) is 161 Å². The Balaban J connectivity index is 5.30. The first-order valence-corrected chi connectivity index (χ1v) is 43.9. The fourth-order valence-corrected chi connectivity index (χ4v) is 13.2. The molecule has 0 saturated carbocycles. The van der Waals surface area contributed by atoms with Gasteiger partial charge in [-0.05, 0) is 83.5 Å². The van der Waals surface area contributed by atoms with Crippen LogP contribution in [-0.4, -0.2) is 96.7 Å². The molecule has 5 atom stereocenters. The van der Waals surface area contributed by atoms with Gasteiger partial charge in [-0.15, -0.1) is 0 Å². The maximum atomic E-state index is 13.1. The van der Waals surface area contributed by atoms with Crippen LogP contribution in [0.15, 0.2) is 48.6 Å². The van der Waals surface area contributed by atoms with Gasteiger partial charge in [-0.2, -0.15) is 0 Å². The predicted molar refractivity (Wildman–Crippen MR) is 409 cm³/mol. The molecule has 0 aromatic carbocycles. The van der Waals surface area contributed by atoms with E-state index in [0.29, 0.717) is 25.7 Å². The number of aliphatic hydroxyl groups excluding tert-OH is 1. The first-order valence-electron chi connectivity index (χ1n) is 40.9. The van der Waals surface area contributed by atoms with Gasteiger partial charge in [0.15, 0.2) is 12.2 Å². The molecule has 0 rings (SSSR count). The Labute approximate surface area is 610 Å². The number of rotatable bonds is 78. The molecule has 0 aliphatic rings. The fraction of sp³-hybridized carbons (Fsp3) is 0.852. The zero-order valence-corrected chi connectivity index (χ0v) is 65.9. The van der Waals surface area contributed by atoms with Crippen molar-refractivity contribution in [2.75, 3.05) is 39.6 Å². The second kappa shape index (κ2) is 74.3. The van der Waals surface area contributed by atoms with Crippen molar-refractivity contribution in [2.24, 2.45) is 0 Å². The first-order chi connectivity index (χ1) is 48.7. The number of hydrogen-bond acceptors (Lipinski definition) is 15. The summed E-state index contributed by atoms with van der Waals surface area (Å²) in [4.78, 5) is 73.0. The van der Waals surface area contributed by atoms with Gasteiger partial charge in [0.1, 0.15) is 19.3 Å². The van der Waals surface area contributed by atoms with Crippen molar-refractivity contribution >= 4 is 39.5 Å². The zero-order chi connectivity index (χ0) is 73.2. The van der Waals surface area contributed by atoms with Crippen molar-refractivity contribution in [1.82, 2.24) is 0 Å². The molecule has 0 aliphatic carbocycles. The summed E-state index contributed by atoms with van der Waals surface area (Å²) in [7, 11) is -9.94. The average molecular weight is 1460 g/mol. The molecular weight excluding hydrogens is 1310 g/mol. The van der Waals surface area contributed by atoms with E-state index in [9.17, 15) is 43.2 Å². The summed E-state index contributed by atoms with van der Waals surface area (Å²) in [5.74, 6) is -2.15. The Kier molecular flexibility index (Phi) is 72.1. The lowest BCUT2D eigenvalue weighted by molar-refractivity contribution is -0.161. The van der Waals surface area contributed by atoms with Gasteiger partial charge in [0.25, 0.3) is 0 Å². The largest absolute Gasteiger partial charge is 0.472 e.